The minimum absolute atomic E-state index is 0.0549. The molecular formula is C24H20F5N3O3. The number of nitrogens with one attached hydrogen (secondary N) is 2. The van der Waals surface area contributed by atoms with E-state index in [4.69, 9.17) is 4.74 Å². The van der Waals surface area contributed by atoms with Gasteiger partial charge in [0.25, 0.3) is 0 Å². The molecule has 0 aliphatic rings. The molecule has 0 fully saturated rings. The van der Waals surface area contributed by atoms with Crippen LogP contribution in [-0.2, 0) is 15.7 Å². The highest BCUT2D eigenvalue weighted by Gasteiger charge is 2.33. The average molecular weight is 493 g/mol. The molecular weight excluding hydrogens is 473 g/mol. The Hall–Kier alpha value is -3.91. The molecule has 0 unspecified atom stereocenters. The summed E-state index contributed by atoms with van der Waals surface area (Å²) in [4.78, 5) is 18.3. The molecule has 0 saturated carbocycles. The van der Waals surface area contributed by atoms with E-state index < -0.39 is 30.5 Å². The molecule has 0 spiro atoms. The van der Waals surface area contributed by atoms with Crippen LogP contribution in [0.2, 0.25) is 0 Å². The summed E-state index contributed by atoms with van der Waals surface area (Å²) in [5, 5.41) is 2.51. The molecule has 11 heteroatoms. The number of amides is 1. The second-order valence-corrected chi connectivity index (χ2v) is 7.43. The van der Waals surface area contributed by atoms with E-state index >= 15 is 0 Å². The van der Waals surface area contributed by atoms with Crippen LogP contribution >= 0.6 is 0 Å². The number of alkyl halides is 5. The summed E-state index contributed by atoms with van der Waals surface area (Å²) in [6, 6.07) is 11.3. The molecule has 0 saturated heterocycles. The van der Waals surface area contributed by atoms with E-state index in [1.165, 1.54) is 18.2 Å². The SMILES string of the molecule is Cc1cccc(C#CC(=O)Nc2cc(-c3ncc(C(F)(F)F)[nH]3)ccc2OCCOC(C)(F)F)c1. The van der Waals surface area contributed by atoms with Gasteiger partial charge in [0, 0.05) is 24.0 Å². The fraction of sp³-hybridized carbons (Fsp3) is 0.250. The highest BCUT2D eigenvalue weighted by molar-refractivity contribution is 6.05. The third-order valence-corrected chi connectivity index (χ3v) is 4.42. The zero-order valence-corrected chi connectivity index (χ0v) is 18.6. The molecule has 2 aromatic carbocycles. The first-order valence-corrected chi connectivity index (χ1v) is 10.2. The maximum Gasteiger partial charge on any atom is 0.432 e. The van der Waals surface area contributed by atoms with E-state index in [1.54, 1.807) is 18.2 Å². The predicted octanol–water partition coefficient (Wildman–Crippen LogP) is 5.40. The highest BCUT2D eigenvalue weighted by atomic mass is 19.4. The highest BCUT2D eigenvalue weighted by Crippen LogP contribution is 2.33. The molecule has 1 amide bonds. The second-order valence-electron chi connectivity index (χ2n) is 7.43. The normalized spacial score (nSPS) is 11.5. The van der Waals surface area contributed by atoms with Gasteiger partial charge in [-0.1, -0.05) is 18.1 Å². The van der Waals surface area contributed by atoms with Crippen molar-refractivity contribution in [3.8, 4) is 29.0 Å². The minimum atomic E-state index is -4.61. The van der Waals surface area contributed by atoms with Crippen molar-refractivity contribution in [2.75, 3.05) is 18.5 Å². The van der Waals surface area contributed by atoms with Crippen LogP contribution in [0.15, 0.2) is 48.7 Å². The number of hydrogen-bond donors (Lipinski definition) is 2. The molecule has 35 heavy (non-hydrogen) atoms. The zero-order valence-electron chi connectivity index (χ0n) is 18.6. The van der Waals surface area contributed by atoms with Crippen molar-refractivity contribution >= 4 is 11.6 Å². The van der Waals surface area contributed by atoms with Gasteiger partial charge >= 0.3 is 18.2 Å². The van der Waals surface area contributed by atoms with Gasteiger partial charge in [-0.2, -0.15) is 22.0 Å². The van der Waals surface area contributed by atoms with Gasteiger partial charge in [0.15, 0.2) is 0 Å². The zero-order chi connectivity index (χ0) is 25.6. The maximum absolute atomic E-state index is 12.9. The van der Waals surface area contributed by atoms with Crippen LogP contribution < -0.4 is 10.1 Å². The third-order valence-electron chi connectivity index (χ3n) is 4.42. The fourth-order valence-corrected chi connectivity index (χ4v) is 2.89. The summed E-state index contributed by atoms with van der Waals surface area (Å²) < 4.78 is 74.1. The van der Waals surface area contributed by atoms with Gasteiger partial charge in [-0.3, -0.25) is 4.79 Å². The van der Waals surface area contributed by atoms with Crippen molar-refractivity contribution in [3.63, 3.8) is 0 Å². The van der Waals surface area contributed by atoms with Crippen molar-refractivity contribution in [1.82, 2.24) is 9.97 Å². The number of ether oxygens (including phenoxy) is 2. The Balaban J connectivity index is 1.83. The summed E-state index contributed by atoms with van der Waals surface area (Å²) >= 11 is 0. The molecule has 3 rings (SSSR count). The Morgan fingerprint density at radius 2 is 1.89 bits per heavy atom. The van der Waals surface area contributed by atoms with E-state index in [0.717, 1.165) is 5.56 Å². The first-order valence-electron chi connectivity index (χ1n) is 10.2. The molecule has 0 aliphatic heterocycles. The number of carbonyl (C=O) groups excluding carboxylic acids is 1. The molecule has 0 bridgehead atoms. The fourth-order valence-electron chi connectivity index (χ4n) is 2.89. The van der Waals surface area contributed by atoms with Crippen molar-refractivity contribution < 1.29 is 36.2 Å². The number of nitrogens with zero attached hydrogens (tertiary/aromatic N) is 1. The lowest BCUT2D eigenvalue weighted by Gasteiger charge is -2.15. The molecule has 184 valence electrons. The predicted molar refractivity (Wildman–Crippen MR) is 118 cm³/mol. The standard InChI is InChI=1S/C24H20F5N3O3/c1-15-4-3-5-16(12-15)6-9-21(33)31-18-13-17(22-30-14-20(32-22)24(27,28)29)7-8-19(18)34-10-11-35-23(2,25)26/h3-5,7-8,12-14H,10-11H2,1-2H3,(H,30,32)(H,31,33). The smallest absolute Gasteiger partial charge is 0.432 e. The van der Waals surface area contributed by atoms with Crippen LogP contribution in [0.5, 0.6) is 5.75 Å². The summed E-state index contributed by atoms with van der Waals surface area (Å²) in [5.41, 5.74) is 0.792. The maximum atomic E-state index is 12.9. The Kier molecular flexibility index (Phi) is 7.76. The first kappa shape index (κ1) is 25.7. The minimum Gasteiger partial charge on any atom is -0.489 e. The number of rotatable bonds is 7. The molecule has 2 N–H and O–H groups in total. The summed E-state index contributed by atoms with van der Waals surface area (Å²) in [5.74, 6) is 4.39. The molecule has 3 aromatic rings. The molecule has 0 radical (unpaired) electrons. The Morgan fingerprint density at radius 3 is 2.54 bits per heavy atom. The number of halogens is 5. The van der Waals surface area contributed by atoms with Gasteiger partial charge in [0.1, 0.15) is 23.9 Å². The van der Waals surface area contributed by atoms with Gasteiger partial charge in [-0.05, 0) is 42.8 Å². The molecule has 1 aromatic heterocycles. The Labute approximate surface area is 197 Å². The van der Waals surface area contributed by atoms with E-state index in [0.29, 0.717) is 18.7 Å². The number of aromatic amines is 1. The number of hydrogen-bond acceptors (Lipinski definition) is 4. The van der Waals surface area contributed by atoms with Gasteiger partial charge in [0.2, 0.25) is 0 Å². The van der Waals surface area contributed by atoms with Gasteiger partial charge in [0.05, 0.1) is 18.5 Å². The summed E-state index contributed by atoms with van der Waals surface area (Å²) in [6.45, 7) is 1.73. The quantitative estimate of drug-likeness (QED) is 0.263. The third kappa shape index (κ3) is 7.82. The number of benzene rings is 2. The van der Waals surface area contributed by atoms with Gasteiger partial charge < -0.3 is 19.8 Å². The lowest BCUT2D eigenvalue weighted by molar-refractivity contribution is -0.226. The molecule has 1 heterocycles. The van der Waals surface area contributed by atoms with E-state index in [9.17, 15) is 26.7 Å². The van der Waals surface area contributed by atoms with Crippen LogP contribution in [0.4, 0.5) is 27.6 Å². The van der Waals surface area contributed by atoms with E-state index in [1.807, 2.05) is 13.0 Å². The number of aryl methyl sites for hydroxylation is 1. The Bertz CT molecular complexity index is 1250. The van der Waals surface area contributed by atoms with Gasteiger partial charge in [-0.15, -0.1) is 0 Å². The van der Waals surface area contributed by atoms with Crippen LogP contribution in [0.3, 0.4) is 0 Å². The number of carbonyl (C=O) groups is 1. The first-order chi connectivity index (χ1) is 16.4. The van der Waals surface area contributed by atoms with Crippen LogP contribution in [-0.4, -0.2) is 35.2 Å². The number of aromatic nitrogens is 2. The van der Waals surface area contributed by atoms with Crippen molar-refractivity contribution in [3.05, 3.63) is 65.5 Å². The monoisotopic (exact) mass is 493 g/mol. The largest absolute Gasteiger partial charge is 0.489 e. The molecule has 0 atom stereocenters. The summed E-state index contributed by atoms with van der Waals surface area (Å²) in [7, 11) is 0. The number of imidazole rings is 1. The van der Waals surface area contributed by atoms with Crippen LogP contribution in [0.1, 0.15) is 23.7 Å². The topological polar surface area (TPSA) is 76.2 Å². The number of anilines is 1. The van der Waals surface area contributed by atoms with E-state index in [2.05, 4.69) is 31.9 Å². The number of H-pyrrole nitrogens is 1. The van der Waals surface area contributed by atoms with Crippen molar-refractivity contribution in [2.24, 2.45) is 0 Å². The van der Waals surface area contributed by atoms with Crippen LogP contribution in [0, 0.1) is 18.8 Å². The summed E-state index contributed by atoms with van der Waals surface area (Å²) in [6.07, 6.45) is -7.31. The lowest BCUT2D eigenvalue weighted by atomic mass is 10.1. The molecule has 0 aliphatic carbocycles. The van der Waals surface area contributed by atoms with Crippen molar-refractivity contribution in [2.45, 2.75) is 26.1 Å². The van der Waals surface area contributed by atoms with Gasteiger partial charge in [-0.25, -0.2) is 4.98 Å². The van der Waals surface area contributed by atoms with Crippen LogP contribution in [0.25, 0.3) is 11.4 Å². The average Bonchev–Trinajstić information content (AvgIpc) is 3.26. The lowest BCUT2D eigenvalue weighted by Crippen LogP contribution is -2.20. The molecule has 6 nitrogen and oxygen atoms in total. The Morgan fingerprint density at radius 1 is 1.11 bits per heavy atom. The second kappa shape index (κ2) is 10.6. The van der Waals surface area contributed by atoms with Crippen molar-refractivity contribution in [1.29, 1.82) is 0 Å². The van der Waals surface area contributed by atoms with E-state index in [-0.39, 0.29) is 29.4 Å².